The molecule has 1 unspecified atom stereocenters. The van der Waals surface area contributed by atoms with Crippen molar-refractivity contribution >= 4 is 17.3 Å². The summed E-state index contributed by atoms with van der Waals surface area (Å²) in [5.41, 5.74) is 0.453. The van der Waals surface area contributed by atoms with Gasteiger partial charge in [-0.25, -0.2) is 4.39 Å². The predicted molar refractivity (Wildman–Crippen MR) is 67.1 cm³/mol. The van der Waals surface area contributed by atoms with Gasteiger partial charge < -0.3 is 15.4 Å². The lowest BCUT2D eigenvalue weighted by Gasteiger charge is -2.24. The number of nitrogens with one attached hydrogen (secondary N) is 2. The zero-order valence-corrected chi connectivity index (χ0v) is 10.3. The lowest BCUT2D eigenvalue weighted by Crippen LogP contribution is -2.42. The number of morpholine rings is 1. The van der Waals surface area contributed by atoms with Crippen LogP contribution in [0.2, 0.25) is 5.02 Å². The maximum Gasteiger partial charge on any atom is 0.146 e. The van der Waals surface area contributed by atoms with Crippen molar-refractivity contribution in [1.29, 1.82) is 0 Å². The molecule has 94 valence electrons. The van der Waals surface area contributed by atoms with Crippen molar-refractivity contribution in [2.75, 3.05) is 31.6 Å². The van der Waals surface area contributed by atoms with Gasteiger partial charge in [0.1, 0.15) is 5.82 Å². The van der Waals surface area contributed by atoms with Crippen LogP contribution in [0.4, 0.5) is 10.1 Å². The maximum atomic E-state index is 13.4. The molecule has 1 heterocycles. The van der Waals surface area contributed by atoms with Crippen LogP contribution in [0.1, 0.15) is 6.42 Å². The fraction of sp³-hybridized carbons (Fsp3) is 0.500. The van der Waals surface area contributed by atoms with Crippen molar-refractivity contribution in [1.82, 2.24) is 5.32 Å². The second kappa shape index (κ2) is 6.19. The van der Waals surface area contributed by atoms with Crippen LogP contribution in [0.5, 0.6) is 0 Å². The van der Waals surface area contributed by atoms with Gasteiger partial charge in [0.25, 0.3) is 0 Å². The molecule has 1 aromatic rings. The molecule has 1 aliphatic rings. The first-order valence-electron chi connectivity index (χ1n) is 5.76. The highest BCUT2D eigenvalue weighted by Crippen LogP contribution is 2.19. The Hall–Kier alpha value is -0.840. The molecule has 0 aliphatic carbocycles. The highest BCUT2D eigenvalue weighted by Gasteiger charge is 2.12. The van der Waals surface area contributed by atoms with Crippen molar-refractivity contribution in [3.8, 4) is 0 Å². The number of ether oxygens (including phenoxy) is 1. The van der Waals surface area contributed by atoms with Gasteiger partial charge in [0.15, 0.2) is 0 Å². The SMILES string of the molecule is Fc1ccc(Cl)cc1NCCC1COCCN1. The van der Waals surface area contributed by atoms with E-state index in [1.165, 1.54) is 6.07 Å². The van der Waals surface area contributed by atoms with E-state index in [2.05, 4.69) is 10.6 Å². The van der Waals surface area contributed by atoms with Crippen LogP contribution >= 0.6 is 11.6 Å². The molecule has 0 radical (unpaired) electrons. The Morgan fingerprint density at radius 2 is 2.41 bits per heavy atom. The summed E-state index contributed by atoms with van der Waals surface area (Å²) < 4.78 is 18.7. The van der Waals surface area contributed by atoms with E-state index in [1.54, 1.807) is 12.1 Å². The third-order valence-corrected chi connectivity index (χ3v) is 2.97. The summed E-state index contributed by atoms with van der Waals surface area (Å²) >= 11 is 5.81. The van der Waals surface area contributed by atoms with E-state index >= 15 is 0 Å². The van der Waals surface area contributed by atoms with Crippen molar-refractivity contribution < 1.29 is 9.13 Å². The summed E-state index contributed by atoms with van der Waals surface area (Å²) in [5, 5.41) is 6.93. The van der Waals surface area contributed by atoms with Gasteiger partial charge in [-0.05, 0) is 24.6 Å². The molecule has 1 fully saturated rings. The van der Waals surface area contributed by atoms with Gasteiger partial charge in [0.2, 0.25) is 0 Å². The van der Waals surface area contributed by atoms with Gasteiger partial charge >= 0.3 is 0 Å². The quantitative estimate of drug-likeness (QED) is 0.869. The predicted octanol–water partition coefficient (Wildman–Crippen LogP) is 2.27. The molecule has 0 bridgehead atoms. The topological polar surface area (TPSA) is 33.3 Å². The molecule has 5 heteroatoms. The van der Waals surface area contributed by atoms with Crippen LogP contribution in [0, 0.1) is 5.82 Å². The number of anilines is 1. The highest BCUT2D eigenvalue weighted by atomic mass is 35.5. The molecule has 1 aromatic carbocycles. The van der Waals surface area contributed by atoms with Gasteiger partial charge in [-0.15, -0.1) is 0 Å². The highest BCUT2D eigenvalue weighted by molar-refractivity contribution is 6.30. The van der Waals surface area contributed by atoms with Crippen LogP contribution in [0.3, 0.4) is 0 Å². The molecule has 0 aromatic heterocycles. The third-order valence-electron chi connectivity index (χ3n) is 2.74. The number of benzene rings is 1. The second-order valence-corrected chi connectivity index (χ2v) is 4.50. The monoisotopic (exact) mass is 258 g/mol. The molecular weight excluding hydrogens is 243 g/mol. The van der Waals surface area contributed by atoms with Gasteiger partial charge in [-0.2, -0.15) is 0 Å². The van der Waals surface area contributed by atoms with Crippen LogP contribution in [-0.2, 0) is 4.74 Å². The first-order chi connectivity index (χ1) is 8.25. The van der Waals surface area contributed by atoms with Crippen LogP contribution in [0.15, 0.2) is 18.2 Å². The van der Waals surface area contributed by atoms with Gasteiger partial charge in [0.05, 0.1) is 18.9 Å². The standard InChI is InChI=1S/C12H16ClFN2O/c13-9-1-2-11(14)12(7-9)16-4-3-10-8-17-6-5-15-10/h1-2,7,10,15-16H,3-6,8H2. The van der Waals surface area contributed by atoms with Crippen LogP contribution in [-0.4, -0.2) is 32.3 Å². The Balaban J connectivity index is 1.79. The molecule has 3 nitrogen and oxygen atoms in total. The van der Waals surface area contributed by atoms with Crippen molar-refractivity contribution in [3.63, 3.8) is 0 Å². The Bertz CT molecular complexity index is 370. The second-order valence-electron chi connectivity index (χ2n) is 4.07. The zero-order valence-electron chi connectivity index (χ0n) is 9.51. The molecule has 2 N–H and O–H groups in total. The Morgan fingerprint density at radius 1 is 1.53 bits per heavy atom. The van der Waals surface area contributed by atoms with E-state index in [0.717, 1.165) is 26.2 Å². The largest absolute Gasteiger partial charge is 0.383 e. The molecule has 1 aliphatic heterocycles. The smallest absolute Gasteiger partial charge is 0.146 e. The molecule has 1 saturated heterocycles. The Morgan fingerprint density at radius 3 is 3.18 bits per heavy atom. The summed E-state index contributed by atoms with van der Waals surface area (Å²) in [5.74, 6) is -0.276. The normalized spacial score (nSPS) is 20.2. The lowest BCUT2D eigenvalue weighted by atomic mass is 10.2. The van der Waals surface area contributed by atoms with E-state index in [0.29, 0.717) is 23.3 Å². The number of rotatable bonds is 4. The fourth-order valence-corrected chi connectivity index (χ4v) is 1.99. The summed E-state index contributed by atoms with van der Waals surface area (Å²) in [6.45, 7) is 3.07. The number of hydrogen-bond acceptors (Lipinski definition) is 3. The minimum Gasteiger partial charge on any atom is -0.383 e. The summed E-state index contributed by atoms with van der Waals surface area (Å²) in [6.07, 6.45) is 0.895. The minimum absolute atomic E-state index is 0.276. The van der Waals surface area contributed by atoms with Crippen molar-refractivity contribution in [3.05, 3.63) is 29.0 Å². The first-order valence-corrected chi connectivity index (χ1v) is 6.13. The van der Waals surface area contributed by atoms with E-state index in [1.807, 2.05) is 0 Å². The van der Waals surface area contributed by atoms with Crippen LogP contribution < -0.4 is 10.6 Å². The average Bonchev–Trinajstić information content (AvgIpc) is 2.35. The van der Waals surface area contributed by atoms with Gasteiger partial charge in [-0.1, -0.05) is 11.6 Å². The average molecular weight is 259 g/mol. The lowest BCUT2D eigenvalue weighted by molar-refractivity contribution is 0.0753. The van der Waals surface area contributed by atoms with Crippen molar-refractivity contribution in [2.45, 2.75) is 12.5 Å². The van der Waals surface area contributed by atoms with Gasteiger partial charge in [-0.3, -0.25) is 0 Å². The molecular formula is C12H16ClFN2O. The minimum atomic E-state index is -0.276. The van der Waals surface area contributed by atoms with Crippen LogP contribution in [0.25, 0.3) is 0 Å². The molecule has 17 heavy (non-hydrogen) atoms. The summed E-state index contributed by atoms with van der Waals surface area (Å²) in [7, 11) is 0. The third kappa shape index (κ3) is 3.84. The fourth-order valence-electron chi connectivity index (χ4n) is 1.82. The Kier molecular flexibility index (Phi) is 4.59. The maximum absolute atomic E-state index is 13.4. The summed E-state index contributed by atoms with van der Waals surface area (Å²) in [4.78, 5) is 0. The first kappa shape index (κ1) is 12.6. The van der Waals surface area contributed by atoms with E-state index in [-0.39, 0.29) is 5.82 Å². The summed E-state index contributed by atoms with van der Waals surface area (Å²) in [6, 6.07) is 4.85. The molecule has 0 spiro atoms. The molecule has 1 atom stereocenters. The van der Waals surface area contributed by atoms with E-state index in [9.17, 15) is 4.39 Å². The molecule has 0 amide bonds. The molecule has 0 saturated carbocycles. The van der Waals surface area contributed by atoms with Crippen molar-refractivity contribution in [2.24, 2.45) is 0 Å². The zero-order chi connectivity index (χ0) is 12.1. The Labute approximate surface area is 105 Å². The van der Waals surface area contributed by atoms with E-state index in [4.69, 9.17) is 16.3 Å². The number of halogens is 2. The number of hydrogen-bond donors (Lipinski definition) is 2. The molecule has 2 rings (SSSR count). The van der Waals surface area contributed by atoms with Gasteiger partial charge in [0, 0.05) is 24.2 Å². The van der Waals surface area contributed by atoms with E-state index < -0.39 is 0 Å².